The molecule has 2 heterocycles. The van der Waals surface area contributed by atoms with Crippen LogP contribution in [0.4, 0.5) is 0 Å². The average molecular weight is 460 g/mol. The van der Waals surface area contributed by atoms with Gasteiger partial charge in [-0.2, -0.15) is 0 Å². The monoisotopic (exact) mass is 459 g/mol. The molecule has 6 nitrogen and oxygen atoms in total. The minimum Gasteiger partial charge on any atom is -0.436 e. The van der Waals surface area contributed by atoms with Crippen LogP contribution in [0.2, 0.25) is 0 Å². The lowest BCUT2D eigenvalue weighted by Crippen LogP contribution is -2.45. The predicted octanol–water partition coefficient (Wildman–Crippen LogP) is 5.43. The highest BCUT2D eigenvalue weighted by molar-refractivity contribution is 5.97. The normalized spacial score (nSPS) is 18.7. The van der Waals surface area contributed by atoms with Gasteiger partial charge < -0.3 is 14.6 Å². The van der Waals surface area contributed by atoms with Crippen molar-refractivity contribution in [1.29, 1.82) is 0 Å². The fourth-order valence-electron chi connectivity index (χ4n) is 5.34. The van der Waals surface area contributed by atoms with Crippen molar-refractivity contribution < 1.29 is 14.0 Å². The maximum absolute atomic E-state index is 13.2. The molecule has 1 aliphatic heterocycles. The number of benzene rings is 2. The van der Waals surface area contributed by atoms with E-state index in [-0.39, 0.29) is 17.7 Å². The molecule has 178 valence electrons. The molecule has 3 aromatic rings. The van der Waals surface area contributed by atoms with E-state index in [0.29, 0.717) is 47.6 Å². The number of carbonyl (C=O) groups excluding carboxylic acids is 2. The SMILES string of the molecule is C[C@@H](C(=O)NC1CCCCC1)C1CCN(C(=O)c2ccc3oc(-c4ccccc4)nc3c2)CC1. The van der Waals surface area contributed by atoms with Crippen molar-refractivity contribution >= 4 is 22.9 Å². The van der Waals surface area contributed by atoms with Crippen LogP contribution in [0.3, 0.4) is 0 Å². The fourth-order valence-corrected chi connectivity index (χ4v) is 5.34. The summed E-state index contributed by atoms with van der Waals surface area (Å²) in [6, 6.07) is 15.6. The van der Waals surface area contributed by atoms with Crippen LogP contribution in [-0.4, -0.2) is 40.8 Å². The van der Waals surface area contributed by atoms with Gasteiger partial charge in [-0.1, -0.05) is 44.4 Å². The van der Waals surface area contributed by atoms with Gasteiger partial charge in [-0.05, 0) is 61.9 Å². The molecule has 0 radical (unpaired) electrons. The van der Waals surface area contributed by atoms with Crippen LogP contribution in [0.1, 0.15) is 62.2 Å². The van der Waals surface area contributed by atoms with Crippen molar-refractivity contribution in [2.24, 2.45) is 11.8 Å². The molecule has 1 saturated carbocycles. The molecule has 1 aromatic heterocycles. The number of hydrogen-bond acceptors (Lipinski definition) is 4. The largest absolute Gasteiger partial charge is 0.436 e. The number of oxazole rings is 1. The highest BCUT2D eigenvalue weighted by Crippen LogP contribution is 2.29. The molecule has 1 atom stereocenters. The Kier molecular flexibility index (Phi) is 6.66. The van der Waals surface area contributed by atoms with Gasteiger partial charge >= 0.3 is 0 Å². The van der Waals surface area contributed by atoms with Crippen molar-refractivity contribution in [2.45, 2.75) is 57.9 Å². The lowest BCUT2D eigenvalue weighted by Gasteiger charge is -2.35. The highest BCUT2D eigenvalue weighted by atomic mass is 16.3. The van der Waals surface area contributed by atoms with E-state index in [9.17, 15) is 9.59 Å². The number of nitrogens with zero attached hydrogens (tertiary/aromatic N) is 2. The topological polar surface area (TPSA) is 75.4 Å². The van der Waals surface area contributed by atoms with Gasteiger partial charge in [-0.3, -0.25) is 9.59 Å². The van der Waals surface area contributed by atoms with Gasteiger partial charge in [0.05, 0.1) is 0 Å². The van der Waals surface area contributed by atoms with Crippen LogP contribution in [0.25, 0.3) is 22.6 Å². The number of likely N-dealkylation sites (tertiary alicyclic amines) is 1. The van der Waals surface area contributed by atoms with Gasteiger partial charge in [0, 0.05) is 36.2 Å². The van der Waals surface area contributed by atoms with E-state index in [1.807, 2.05) is 60.4 Å². The maximum Gasteiger partial charge on any atom is 0.253 e. The third-order valence-electron chi connectivity index (χ3n) is 7.55. The van der Waals surface area contributed by atoms with Gasteiger partial charge in [0.2, 0.25) is 11.8 Å². The van der Waals surface area contributed by atoms with Crippen LogP contribution in [-0.2, 0) is 4.79 Å². The molecule has 2 fully saturated rings. The van der Waals surface area contributed by atoms with E-state index in [1.165, 1.54) is 19.3 Å². The average Bonchev–Trinajstić information content (AvgIpc) is 3.32. The Morgan fingerprint density at radius 3 is 2.47 bits per heavy atom. The number of rotatable bonds is 5. The quantitative estimate of drug-likeness (QED) is 0.552. The van der Waals surface area contributed by atoms with E-state index in [0.717, 1.165) is 31.2 Å². The number of hydrogen-bond donors (Lipinski definition) is 1. The number of carbonyl (C=O) groups is 2. The molecule has 1 saturated heterocycles. The first-order valence-corrected chi connectivity index (χ1v) is 12.6. The molecule has 0 unspecified atom stereocenters. The second kappa shape index (κ2) is 10.00. The zero-order valence-electron chi connectivity index (χ0n) is 19.8. The van der Waals surface area contributed by atoms with Gasteiger partial charge in [0.15, 0.2) is 5.58 Å². The number of nitrogens with one attached hydrogen (secondary N) is 1. The molecule has 6 heteroatoms. The summed E-state index contributed by atoms with van der Waals surface area (Å²) in [5, 5.41) is 3.27. The molecular formula is C28H33N3O3. The van der Waals surface area contributed by atoms with Crippen LogP contribution >= 0.6 is 0 Å². The molecule has 1 N–H and O–H groups in total. The van der Waals surface area contributed by atoms with Gasteiger partial charge in [-0.15, -0.1) is 0 Å². The lowest BCUT2D eigenvalue weighted by molar-refractivity contribution is -0.127. The van der Waals surface area contributed by atoms with E-state index >= 15 is 0 Å². The molecule has 34 heavy (non-hydrogen) atoms. The third kappa shape index (κ3) is 4.86. The van der Waals surface area contributed by atoms with E-state index < -0.39 is 0 Å². The second-order valence-electron chi connectivity index (χ2n) is 9.83. The van der Waals surface area contributed by atoms with E-state index in [1.54, 1.807) is 0 Å². The second-order valence-corrected chi connectivity index (χ2v) is 9.83. The number of aromatic nitrogens is 1. The van der Waals surface area contributed by atoms with Crippen LogP contribution < -0.4 is 5.32 Å². The lowest BCUT2D eigenvalue weighted by atomic mass is 9.84. The summed E-state index contributed by atoms with van der Waals surface area (Å²) >= 11 is 0. The zero-order chi connectivity index (χ0) is 23.5. The van der Waals surface area contributed by atoms with Gasteiger partial charge in [0.25, 0.3) is 5.91 Å². The summed E-state index contributed by atoms with van der Waals surface area (Å²) in [6.45, 7) is 3.40. The van der Waals surface area contributed by atoms with E-state index in [2.05, 4.69) is 10.3 Å². The minimum absolute atomic E-state index is 0.0120. The summed E-state index contributed by atoms with van der Waals surface area (Å²) < 4.78 is 5.88. The molecular weight excluding hydrogens is 426 g/mol. The van der Waals surface area contributed by atoms with Crippen molar-refractivity contribution in [2.75, 3.05) is 13.1 Å². The molecule has 2 aliphatic rings. The highest BCUT2D eigenvalue weighted by Gasteiger charge is 2.31. The van der Waals surface area contributed by atoms with Crippen molar-refractivity contribution in [1.82, 2.24) is 15.2 Å². The molecule has 1 aliphatic carbocycles. The first kappa shape index (κ1) is 22.6. The summed E-state index contributed by atoms with van der Waals surface area (Å²) in [4.78, 5) is 32.4. The molecule has 5 rings (SSSR count). The Bertz CT molecular complexity index is 1140. The molecule has 0 bridgehead atoms. The number of piperidine rings is 1. The first-order valence-electron chi connectivity index (χ1n) is 12.6. The Morgan fingerprint density at radius 1 is 1.00 bits per heavy atom. The number of fused-ring (bicyclic) bond motifs is 1. The van der Waals surface area contributed by atoms with Crippen molar-refractivity contribution in [3.8, 4) is 11.5 Å². The number of amides is 2. The fraction of sp³-hybridized carbons (Fsp3) is 0.464. The van der Waals surface area contributed by atoms with E-state index in [4.69, 9.17) is 4.42 Å². The summed E-state index contributed by atoms with van der Waals surface area (Å²) in [6.07, 6.45) is 7.64. The van der Waals surface area contributed by atoms with Gasteiger partial charge in [0.1, 0.15) is 5.52 Å². The Morgan fingerprint density at radius 2 is 1.74 bits per heavy atom. The first-order chi connectivity index (χ1) is 16.6. The van der Waals surface area contributed by atoms with Gasteiger partial charge in [-0.25, -0.2) is 4.98 Å². The summed E-state index contributed by atoms with van der Waals surface area (Å²) in [5.41, 5.74) is 2.90. The summed E-state index contributed by atoms with van der Waals surface area (Å²) in [7, 11) is 0. The minimum atomic E-state index is -0.0120. The molecule has 2 aromatic carbocycles. The van der Waals surface area contributed by atoms with Crippen LogP contribution in [0.15, 0.2) is 52.9 Å². The Balaban J connectivity index is 1.19. The molecule has 0 spiro atoms. The molecule has 2 amide bonds. The van der Waals surface area contributed by atoms with Crippen molar-refractivity contribution in [3.05, 3.63) is 54.1 Å². The third-order valence-corrected chi connectivity index (χ3v) is 7.55. The Hall–Kier alpha value is -3.15. The van der Waals surface area contributed by atoms with Crippen molar-refractivity contribution in [3.63, 3.8) is 0 Å². The Labute approximate surface area is 200 Å². The zero-order valence-corrected chi connectivity index (χ0v) is 19.8. The smallest absolute Gasteiger partial charge is 0.253 e. The standard InChI is InChI=1S/C28H33N3O3/c1-19(26(32)29-23-10-6-3-7-11-23)20-14-16-31(17-15-20)28(33)22-12-13-25-24(18-22)30-27(34-25)21-8-4-2-5-9-21/h2,4-5,8-9,12-13,18-20,23H,3,6-7,10-11,14-17H2,1H3,(H,29,32)/t19-/m1/s1. The van der Waals surface area contributed by atoms with Crippen LogP contribution in [0.5, 0.6) is 0 Å². The van der Waals surface area contributed by atoms with Crippen LogP contribution in [0, 0.1) is 11.8 Å². The summed E-state index contributed by atoms with van der Waals surface area (Å²) in [5.74, 6) is 1.06. The maximum atomic E-state index is 13.2. The predicted molar refractivity (Wildman–Crippen MR) is 132 cm³/mol.